The third kappa shape index (κ3) is 4.21. The van der Waals surface area contributed by atoms with Crippen molar-refractivity contribution < 1.29 is 4.92 Å². The third-order valence-corrected chi connectivity index (χ3v) is 4.07. The van der Waals surface area contributed by atoms with Gasteiger partial charge < -0.3 is 10.2 Å². The van der Waals surface area contributed by atoms with Crippen molar-refractivity contribution in [2.24, 2.45) is 0 Å². The molecule has 0 amide bonds. The highest BCUT2D eigenvalue weighted by atomic mass is 16.6. The number of rotatable bonds is 9. The molecule has 0 fully saturated rings. The van der Waals surface area contributed by atoms with Crippen LogP contribution in [0.2, 0.25) is 0 Å². The molecular weight excluding hydrogens is 322 g/mol. The largest absolute Gasteiger partial charge is 0.354 e. The molecule has 0 bridgehead atoms. The van der Waals surface area contributed by atoms with Crippen molar-refractivity contribution in [2.45, 2.75) is 20.4 Å². The predicted molar refractivity (Wildman–Crippen MR) is 99.1 cm³/mol. The second-order valence-electron chi connectivity index (χ2n) is 5.55. The Kier molecular flexibility index (Phi) is 6.24. The van der Waals surface area contributed by atoms with Crippen LogP contribution in [0.5, 0.6) is 0 Å². The van der Waals surface area contributed by atoms with Gasteiger partial charge in [0.05, 0.1) is 15.8 Å². The van der Waals surface area contributed by atoms with E-state index in [0.717, 1.165) is 19.6 Å². The van der Waals surface area contributed by atoms with Gasteiger partial charge in [0, 0.05) is 31.8 Å². The summed E-state index contributed by atoms with van der Waals surface area (Å²) in [6.07, 6.45) is 1.62. The molecule has 0 atom stereocenters. The smallest absolute Gasteiger partial charge is 0.271 e. The molecular formula is C17H23N5O3. The van der Waals surface area contributed by atoms with Crippen molar-refractivity contribution >= 4 is 22.5 Å². The number of hydrogen-bond acceptors (Lipinski definition) is 6. The van der Waals surface area contributed by atoms with Crippen molar-refractivity contribution in [3.05, 3.63) is 51.3 Å². The highest BCUT2D eigenvalue weighted by Crippen LogP contribution is 2.18. The number of nitrogens with zero attached hydrogens (tertiary/aromatic N) is 4. The van der Waals surface area contributed by atoms with E-state index >= 15 is 0 Å². The van der Waals surface area contributed by atoms with Gasteiger partial charge >= 0.3 is 0 Å². The average molecular weight is 345 g/mol. The van der Waals surface area contributed by atoms with Gasteiger partial charge in [-0.05, 0) is 19.2 Å². The van der Waals surface area contributed by atoms with Crippen molar-refractivity contribution in [3.8, 4) is 0 Å². The summed E-state index contributed by atoms with van der Waals surface area (Å²) >= 11 is 0. The SMILES string of the molecule is C=CCn1c(NCCN(CC)CC)nc2cc([N+](=O)[O-])ccc2c1=O. The Balaban J connectivity index is 2.41. The summed E-state index contributed by atoms with van der Waals surface area (Å²) in [6.45, 7) is 11.5. The van der Waals surface area contributed by atoms with Crippen molar-refractivity contribution in [1.29, 1.82) is 0 Å². The molecule has 0 aliphatic heterocycles. The number of allylic oxidation sites excluding steroid dienone is 1. The Morgan fingerprint density at radius 3 is 2.72 bits per heavy atom. The number of non-ortho nitro benzene ring substituents is 1. The van der Waals surface area contributed by atoms with Crippen LogP contribution in [0.3, 0.4) is 0 Å². The van der Waals surface area contributed by atoms with Crippen LogP contribution in [0, 0.1) is 10.1 Å². The minimum absolute atomic E-state index is 0.0880. The van der Waals surface area contributed by atoms with Gasteiger partial charge in [-0.3, -0.25) is 19.5 Å². The third-order valence-electron chi connectivity index (χ3n) is 4.07. The van der Waals surface area contributed by atoms with Crippen LogP contribution in [0.1, 0.15) is 13.8 Å². The molecule has 0 unspecified atom stereocenters. The Labute approximate surface area is 145 Å². The molecule has 0 aliphatic carbocycles. The van der Waals surface area contributed by atoms with E-state index in [1.165, 1.54) is 22.8 Å². The van der Waals surface area contributed by atoms with Crippen LogP contribution in [-0.4, -0.2) is 45.6 Å². The summed E-state index contributed by atoms with van der Waals surface area (Å²) in [5.41, 5.74) is -0.0232. The summed E-state index contributed by atoms with van der Waals surface area (Å²) in [5.74, 6) is 0.394. The first-order valence-corrected chi connectivity index (χ1v) is 8.27. The molecule has 1 heterocycles. The summed E-state index contributed by atoms with van der Waals surface area (Å²) in [4.78, 5) is 29.8. The van der Waals surface area contributed by atoms with Gasteiger partial charge in [-0.25, -0.2) is 4.98 Å². The molecule has 8 heteroatoms. The molecule has 25 heavy (non-hydrogen) atoms. The fourth-order valence-corrected chi connectivity index (χ4v) is 2.62. The zero-order chi connectivity index (χ0) is 18.4. The van der Waals surface area contributed by atoms with E-state index in [1.807, 2.05) is 0 Å². The predicted octanol–water partition coefficient (Wildman–Crippen LogP) is 2.24. The molecule has 1 aromatic heterocycles. The van der Waals surface area contributed by atoms with E-state index in [4.69, 9.17) is 0 Å². The minimum Gasteiger partial charge on any atom is -0.354 e. The molecule has 8 nitrogen and oxygen atoms in total. The van der Waals surface area contributed by atoms with Crippen molar-refractivity contribution in [3.63, 3.8) is 0 Å². The number of nitro groups is 1. The molecule has 1 N–H and O–H groups in total. The second-order valence-corrected chi connectivity index (χ2v) is 5.55. The van der Waals surface area contributed by atoms with Gasteiger partial charge in [0.15, 0.2) is 0 Å². The standard InChI is InChI=1S/C17H23N5O3/c1-4-10-21-16(23)14-8-7-13(22(24)25)12-15(14)19-17(21)18-9-11-20(5-2)6-3/h4,7-8,12H,1,5-6,9-11H2,2-3H3,(H,18,19). The highest BCUT2D eigenvalue weighted by Gasteiger charge is 2.14. The summed E-state index contributed by atoms with van der Waals surface area (Å²) in [5, 5.41) is 14.5. The topological polar surface area (TPSA) is 93.3 Å². The fraction of sp³-hybridized carbons (Fsp3) is 0.412. The van der Waals surface area contributed by atoms with Gasteiger partial charge in [-0.2, -0.15) is 0 Å². The first-order chi connectivity index (χ1) is 12.0. The van der Waals surface area contributed by atoms with Crippen LogP contribution in [0.25, 0.3) is 10.9 Å². The number of anilines is 1. The quantitative estimate of drug-likeness (QED) is 0.426. The van der Waals surface area contributed by atoms with Gasteiger partial charge in [0.25, 0.3) is 11.2 Å². The van der Waals surface area contributed by atoms with Crippen LogP contribution in [-0.2, 0) is 6.54 Å². The number of nitrogens with one attached hydrogen (secondary N) is 1. The average Bonchev–Trinajstić information content (AvgIpc) is 2.61. The monoisotopic (exact) mass is 345 g/mol. The maximum Gasteiger partial charge on any atom is 0.271 e. The summed E-state index contributed by atoms with van der Waals surface area (Å²) in [6, 6.07) is 4.09. The minimum atomic E-state index is -0.496. The number of benzene rings is 1. The maximum absolute atomic E-state index is 12.7. The van der Waals surface area contributed by atoms with Crippen LogP contribution >= 0.6 is 0 Å². The Hall–Kier alpha value is -2.74. The highest BCUT2D eigenvalue weighted by molar-refractivity contribution is 5.81. The normalized spacial score (nSPS) is 11.0. The number of aromatic nitrogens is 2. The lowest BCUT2D eigenvalue weighted by atomic mass is 10.2. The van der Waals surface area contributed by atoms with Gasteiger partial charge in [0.1, 0.15) is 0 Å². The van der Waals surface area contributed by atoms with Crippen molar-refractivity contribution in [2.75, 3.05) is 31.5 Å². The molecule has 0 spiro atoms. The van der Waals surface area contributed by atoms with Crippen LogP contribution < -0.4 is 10.9 Å². The maximum atomic E-state index is 12.7. The van der Waals surface area contributed by atoms with E-state index in [1.54, 1.807) is 6.08 Å². The zero-order valence-corrected chi connectivity index (χ0v) is 14.6. The molecule has 2 rings (SSSR count). The second kappa shape index (κ2) is 8.39. The fourth-order valence-electron chi connectivity index (χ4n) is 2.62. The lowest BCUT2D eigenvalue weighted by Crippen LogP contribution is -2.31. The number of nitro benzene ring substituents is 1. The van der Waals surface area contributed by atoms with Gasteiger partial charge in [-0.1, -0.05) is 19.9 Å². The Bertz CT molecular complexity index is 827. The first-order valence-electron chi connectivity index (χ1n) is 8.27. The van der Waals surface area contributed by atoms with E-state index in [9.17, 15) is 14.9 Å². The Morgan fingerprint density at radius 1 is 1.40 bits per heavy atom. The van der Waals surface area contributed by atoms with Crippen LogP contribution in [0.15, 0.2) is 35.6 Å². The molecule has 134 valence electrons. The van der Waals surface area contributed by atoms with E-state index in [0.29, 0.717) is 29.9 Å². The molecule has 2 aromatic rings. The molecule has 0 saturated heterocycles. The zero-order valence-electron chi connectivity index (χ0n) is 14.6. The summed E-state index contributed by atoms with van der Waals surface area (Å²) < 4.78 is 1.49. The molecule has 0 saturated carbocycles. The Morgan fingerprint density at radius 2 is 2.12 bits per heavy atom. The lowest BCUT2D eigenvalue weighted by molar-refractivity contribution is -0.384. The first kappa shape index (κ1) is 18.6. The number of fused-ring (bicyclic) bond motifs is 1. The molecule has 0 radical (unpaired) electrons. The molecule has 1 aromatic carbocycles. The van der Waals surface area contributed by atoms with Gasteiger partial charge in [-0.15, -0.1) is 6.58 Å². The van der Waals surface area contributed by atoms with E-state index in [-0.39, 0.29) is 11.2 Å². The number of hydrogen-bond donors (Lipinski definition) is 1. The molecule has 0 aliphatic rings. The lowest BCUT2D eigenvalue weighted by Gasteiger charge is -2.19. The van der Waals surface area contributed by atoms with Gasteiger partial charge in [0.2, 0.25) is 5.95 Å². The van der Waals surface area contributed by atoms with Crippen molar-refractivity contribution in [1.82, 2.24) is 14.5 Å². The van der Waals surface area contributed by atoms with Crippen LogP contribution in [0.4, 0.5) is 11.6 Å². The summed E-state index contributed by atoms with van der Waals surface area (Å²) in [7, 11) is 0. The van der Waals surface area contributed by atoms with E-state index < -0.39 is 4.92 Å². The van der Waals surface area contributed by atoms with E-state index in [2.05, 4.69) is 35.6 Å². The number of likely N-dealkylation sites (N-methyl/N-ethyl adjacent to an activating group) is 1.